The summed E-state index contributed by atoms with van der Waals surface area (Å²) in [5.74, 6) is -0.270. The van der Waals surface area contributed by atoms with Gasteiger partial charge in [-0.1, -0.05) is 17.7 Å². The SMILES string of the molecule is COCC(=O)Nc1ccc(N2C(=S)N[C@@H](c3ccccn3)[C@H]2c2ccc(C)n2C)cc1Cl. The van der Waals surface area contributed by atoms with Crippen molar-refractivity contribution in [3.8, 4) is 0 Å². The summed E-state index contributed by atoms with van der Waals surface area (Å²) in [6.07, 6.45) is 1.78. The van der Waals surface area contributed by atoms with E-state index in [-0.39, 0.29) is 24.6 Å². The number of amides is 1. The van der Waals surface area contributed by atoms with E-state index >= 15 is 0 Å². The van der Waals surface area contributed by atoms with Gasteiger partial charge in [-0.3, -0.25) is 9.78 Å². The Morgan fingerprint density at radius 2 is 2.09 bits per heavy atom. The Balaban J connectivity index is 1.74. The van der Waals surface area contributed by atoms with Gasteiger partial charge in [-0.05, 0) is 61.6 Å². The van der Waals surface area contributed by atoms with Gasteiger partial charge in [0.2, 0.25) is 5.91 Å². The summed E-state index contributed by atoms with van der Waals surface area (Å²) >= 11 is 12.3. The van der Waals surface area contributed by atoms with Crippen LogP contribution in [0.25, 0.3) is 0 Å². The van der Waals surface area contributed by atoms with Crippen LogP contribution in [0.1, 0.15) is 29.2 Å². The smallest absolute Gasteiger partial charge is 0.250 e. The van der Waals surface area contributed by atoms with Crippen LogP contribution in [-0.4, -0.2) is 34.3 Å². The number of pyridine rings is 1. The van der Waals surface area contributed by atoms with E-state index in [1.807, 2.05) is 37.4 Å². The molecule has 0 unspecified atom stereocenters. The predicted octanol–water partition coefficient (Wildman–Crippen LogP) is 4.14. The Kier molecular flexibility index (Phi) is 6.45. The first-order chi connectivity index (χ1) is 15.4. The Bertz CT molecular complexity index is 1150. The molecule has 1 aliphatic rings. The maximum absolute atomic E-state index is 11.9. The molecule has 2 aromatic heterocycles. The highest BCUT2D eigenvalue weighted by molar-refractivity contribution is 7.80. The molecule has 2 N–H and O–H groups in total. The molecule has 0 spiro atoms. The van der Waals surface area contributed by atoms with Crippen molar-refractivity contribution >= 4 is 46.2 Å². The third-order valence-electron chi connectivity index (χ3n) is 5.59. The second kappa shape index (κ2) is 9.28. The molecule has 4 rings (SSSR count). The van der Waals surface area contributed by atoms with Gasteiger partial charge < -0.3 is 24.8 Å². The summed E-state index contributed by atoms with van der Waals surface area (Å²) in [5.41, 5.74) is 4.48. The molecule has 1 amide bonds. The van der Waals surface area contributed by atoms with Crippen molar-refractivity contribution < 1.29 is 9.53 Å². The van der Waals surface area contributed by atoms with Crippen molar-refractivity contribution in [3.05, 3.63) is 76.8 Å². The molecule has 1 aromatic carbocycles. The average Bonchev–Trinajstić information content (AvgIpc) is 3.29. The topological polar surface area (TPSA) is 71.4 Å². The van der Waals surface area contributed by atoms with Crippen LogP contribution in [0.5, 0.6) is 0 Å². The second-order valence-corrected chi connectivity index (χ2v) is 8.39. The van der Waals surface area contributed by atoms with E-state index in [1.165, 1.54) is 7.11 Å². The quantitative estimate of drug-likeness (QED) is 0.528. The zero-order valence-corrected chi connectivity index (χ0v) is 19.6. The monoisotopic (exact) mass is 469 g/mol. The molecule has 1 saturated heterocycles. The van der Waals surface area contributed by atoms with Gasteiger partial charge in [0, 0.05) is 37.4 Å². The predicted molar refractivity (Wildman–Crippen MR) is 130 cm³/mol. The number of hydrogen-bond acceptors (Lipinski definition) is 4. The molecule has 0 aliphatic carbocycles. The molecule has 3 aromatic rings. The molecule has 32 heavy (non-hydrogen) atoms. The van der Waals surface area contributed by atoms with Crippen LogP contribution in [0.4, 0.5) is 11.4 Å². The van der Waals surface area contributed by atoms with Gasteiger partial charge in [0.15, 0.2) is 5.11 Å². The molecule has 7 nitrogen and oxygen atoms in total. The number of carbonyl (C=O) groups is 1. The van der Waals surface area contributed by atoms with Crippen molar-refractivity contribution in [2.75, 3.05) is 23.9 Å². The summed E-state index contributed by atoms with van der Waals surface area (Å²) in [6.45, 7) is 2.03. The van der Waals surface area contributed by atoms with E-state index < -0.39 is 0 Å². The number of ether oxygens (including phenoxy) is 1. The molecule has 3 heterocycles. The van der Waals surface area contributed by atoms with Gasteiger partial charge in [-0.15, -0.1) is 0 Å². The standard InChI is InChI=1S/C23H24ClN5O2S/c1-14-7-10-19(28(14)2)22-21(18-6-4-5-11-25-18)27-23(32)29(22)15-8-9-17(16(24)12-15)26-20(30)13-31-3/h4-12,21-22H,13H2,1-3H3,(H,26,30)(H,27,32)/t21-,22+/m0/s1. The molecule has 166 valence electrons. The summed E-state index contributed by atoms with van der Waals surface area (Å²) in [5, 5.41) is 7.19. The van der Waals surface area contributed by atoms with Crippen molar-refractivity contribution in [2.24, 2.45) is 7.05 Å². The van der Waals surface area contributed by atoms with Crippen molar-refractivity contribution in [1.82, 2.24) is 14.9 Å². The maximum atomic E-state index is 11.9. The van der Waals surface area contributed by atoms with Gasteiger partial charge in [0.25, 0.3) is 0 Å². The third kappa shape index (κ3) is 4.21. The molecule has 0 radical (unpaired) electrons. The second-order valence-electron chi connectivity index (χ2n) is 7.60. The Hall–Kier alpha value is -2.94. The van der Waals surface area contributed by atoms with E-state index in [9.17, 15) is 4.79 Å². The van der Waals surface area contributed by atoms with E-state index in [0.717, 1.165) is 22.8 Å². The molecule has 0 saturated carbocycles. The normalized spacial score (nSPS) is 18.0. The number of nitrogens with one attached hydrogen (secondary N) is 2. The van der Waals surface area contributed by atoms with Crippen LogP contribution >= 0.6 is 23.8 Å². The number of rotatable bonds is 6. The summed E-state index contributed by atoms with van der Waals surface area (Å²) in [7, 11) is 3.51. The number of aryl methyl sites for hydroxylation is 1. The van der Waals surface area contributed by atoms with Crippen molar-refractivity contribution in [1.29, 1.82) is 0 Å². The largest absolute Gasteiger partial charge is 0.375 e. The van der Waals surface area contributed by atoms with E-state index in [1.54, 1.807) is 12.3 Å². The average molecular weight is 470 g/mol. The van der Waals surface area contributed by atoms with Crippen molar-refractivity contribution in [2.45, 2.75) is 19.0 Å². The van der Waals surface area contributed by atoms with E-state index in [0.29, 0.717) is 15.8 Å². The molecule has 2 atom stereocenters. The fourth-order valence-electron chi connectivity index (χ4n) is 3.94. The molecular formula is C23H24ClN5O2S. The summed E-state index contributed by atoms with van der Waals surface area (Å²) in [4.78, 5) is 18.5. The van der Waals surface area contributed by atoms with E-state index in [4.69, 9.17) is 28.6 Å². The number of hydrogen-bond donors (Lipinski definition) is 2. The van der Waals surface area contributed by atoms with Crippen LogP contribution in [0, 0.1) is 6.92 Å². The molecule has 0 bridgehead atoms. The van der Waals surface area contributed by atoms with E-state index in [2.05, 4.69) is 44.1 Å². The maximum Gasteiger partial charge on any atom is 0.250 e. The van der Waals surface area contributed by atoms with Gasteiger partial charge in [-0.2, -0.15) is 0 Å². The highest BCUT2D eigenvalue weighted by Crippen LogP contribution is 2.43. The van der Waals surface area contributed by atoms with Crippen LogP contribution in [0.2, 0.25) is 5.02 Å². The summed E-state index contributed by atoms with van der Waals surface area (Å²) < 4.78 is 7.02. The Morgan fingerprint density at radius 3 is 2.72 bits per heavy atom. The minimum Gasteiger partial charge on any atom is -0.375 e. The van der Waals surface area contributed by atoms with Crippen LogP contribution in [-0.2, 0) is 16.6 Å². The first-order valence-electron chi connectivity index (χ1n) is 10.1. The first-order valence-corrected chi connectivity index (χ1v) is 10.9. The van der Waals surface area contributed by atoms with Gasteiger partial charge in [0.05, 0.1) is 22.4 Å². The lowest BCUT2D eigenvalue weighted by Crippen LogP contribution is -2.30. The number of aromatic nitrogens is 2. The fourth-order valence-corrected chi connectivity index (χ4v) is 4.50. The minimum atomic E-state index is -0.270. The Morgan fingerprint density at radius 1 is 1.28 bits per heavy atom. The molecule has 1 aliphatic heterocycles. The van der Waals surface area contributed by atoms with Crippen LogP contribution in [0.3, 0.4) is 0 Å². The number of halogens is 1. The van der Waals surface area contributed by atoms with Gasteiger partial charge in [0.1, 0.15) is 12.6 Å². The summed E-state index contributed by atoms with van der Waals surface area (Å²) in [6, 6.07) is 15.3. The lowest BCUT2D eigenvalue weighted by atomic mass is 10.0. The highest BCUT2D eigenvalue weighted by Gasteiger charge is 2.42. The zero-order valence-electron chi connectivity index (χ0n) is 18.0. The number of thiocarbonyl (C=S) groups is 1. The molecular weight excluding hydrogens is 446 g/mol. The van der Waals surface area contributed by atoms with Gasteiger partial charge >= 0.3 is 0 Å². The van der Waals surface area contributed by atoms with Crippen LogP contribution in [0.15, 0.2) is 54.7 Å². The lowest BCUT2D eigenvalue weighted by molar-refractivity contribution is -0.119. The minimum absolute atomic E-state index is 0.0428. The molecule has 1 fully saturated rings. The zero-order chi connectivity index (χ0) is 22.8. The third-order valence-corrected chi connectivity index (χ3v) is 6.22. The number of nitrogens with zero attached hydrogens (tertiary/aromatic N) is 3. The Labute approximate surface area is 197 Å². The molecule has 9 heteroatoms. The number of carbonyl (C=O) groups excluding carboxylic acids is 1. The van der Waals surface area contributed by atoms with Crippen LogP contribution < -0.4 is 15.5 Å². The fraction of sp³-hybridized carbons (Fsp3) is 0.261. The number of anilines is 2. The highest BCUT2D eigenvalue weighted by atomic mass is 35.5. The lowest BCUT2D eigenvalue weighted by Gasteiger charge is -2.29. The van der Waals surface area contributed by atoms with Crippen molar-refractivity contribution in [3.63, 3.8) is 0 Å². The van der Waals surface area contributed by atoms with Gasteiger partial charge in [-0.25, -0.2) is 0 Å². The number of benzene rings is 1. The first kappa shape index (κ1) is 22.3. The number of methoxy groups -OCH3 is 1.